The van der Waals surface area contributed by atoms with E-state index in [2.05, 4.69) is 26.6 Å². The molecule has 2 aliphatic heterocycles. The number of carboxylic acids is 2. The molecule has 2 saturated heterocycles. The quantitative estimate of drug-likeness (QED) is 0.0267. The number of piperidine rings is 1. The Labute approximate surface area is 733 Å². The number of thiazole rings is 1. The number of nitrogens with two attached hydrogens (primary N) is 1. The van der Waals surface area contributed by atoms with Crippen LogP contribution in [0, 0.1) is 17.8 Å². The van der Waals surface area contributed by atoms with E-state index in [1.54, 1.807) is 36.4 Å². The maximum absolute atomic E-state index is 15.1. The van der Waals surface area contributed by atoms with Crippen molar-refractivity contribution in [2.45, 2.75) is 199 Å². The lowest BCUT2D eigenvalue weighted by Crippen LogP contribution is -2.63. The number of carbonyl (C=O) groups is 8. The lowest BCUT2D eigenvalue weighted by Gasteiger charge is -2.44. The Hall–Kier alpha value is -7.29. The third-order valence-electron chi connectivity index (χ3n) is 21.1. The second kappa shape index (κ2) is 62.0. The standard InChI is InChI=1S/C86H141N9O28S/c1-10-27-89-78(100)65(87)22-16-18-28-88-72(96)26-30-109-31-32-110-33-34-111-35-36-112-37-38-113-39-40-114-41-42-115-43-44-116-45-46-117-47-48-118-49-50-119-51-52-121-86(108)92-66-55-63(24-25-70(66)122-85-76(99)74(97)75(98)77(123-85)84(106)107)57-95(9)29-19-17-23-69(95)80(102)93-73(60(6)11-2)82(103)94(8)68(59(4)5)56-71(120-12-3)81-91-67(58-124-81)79(101)90-64(53-61(7)83(104)105)54-62-20-14-13-15-21-62/h13-15,20-21,24-25,55,58-61,64-65,68-69,71,73-77,85,97-99H,10-12,16-19,22-23,26-54,56-57,87H2,1-9H3,(H6-,88,89,90,92,93,96,100,101,102,104,105,106,107,108)/p+1/t60-,61-,64+,65-,68+,69+,71+,73-,74-,75-,76+,77-,85+,95?/m0/s1. The van der Waals surface area contributed by atoms with Crippen LogP contribution in [-0.4, -0.2) is 341 Å². The highest BCUT2D eigenvalue weighted by atomic mass is 32.1. The van der Waals surface area contributed by atoms with Gasteiger partial charge in [-0.05, 0) is 93.9 Å². The van der Waals surface area contributed by atoms with Gasteiger partial charge < -0.3 is 133 Å². The molecule has 2 aromatic carbocycles. The minimum Gasteiger partial charge on any atom is -0.481 e. The molecule has 0 spiro atoms. The number of nitrogens with zero attached hydrogens (tertiary/aromatic N) is 3. The zero-order valence-electron chi connectivity index (χ0n) is 74.0. The van der Waals surface area contributed by atoms with Crippen LogP contribution in [0.2, 0.25) is 0 Å². The molecule has 124 heavy (non-hydrogen) atoms. The topological polar surface area (TPSA) is 478 Å². The van der Waals surface area contributed by atoms with Gasteiger partial charge in [-0.3, -0.25) is 34.1 Å². The van der Waals surface area contributed by atoms with Crippen LogP contribution in [0.25, 0.3) is 0 Å². The van der Waals surface area contributed by atoms with Crippen molar-refractivity contribution in [3.05, 3.63) is 75.7 Å². The number of nitrogens with one attached hydrogen (secondary N) is 5. The summed E-state index contributed by atoms with van der Waals surface area (Å²) in [5, 5.41) is 68.2. The molecule has 14 atom stereocenters. The maximum Gasteiger partial charge on any atom is 0.411 e. The smallest absolute Gasteiger partial charge is 0.411 e. The summed E-state index contributed by atoms with van der Waals surface area (Å²) in [7, 11) is 3.67. The maximum atomic E-state index is 15.1. The van der Waals surface area contributed by atoms with Crippen LogP contribution in [0.3, 0.4) is 0 Å². The van der Waals surface area contributed by atoms with Crippen LogP contribution in [0.15, 0.2) is 53.9 Å². The van der Waals surface area contributed by atoms with Crippen LogP contribution in [0.4, 0.5) is 10.5 Å². The van der Waals surface area contributed by atoms with E-state index in [4.69, 9.17) is 81.8 Å². The first-order valence-electron chi connectivity index (χ1n) is 43.6. The molecule has 5 rings (SSSR count). The minimum atomic E-state index is -2.00. The third-order valence-corrected chi connectivity index (χ3v) is 22.0. The van der Waals surface area contributed by atoms with E-state index in [-0.39, 0.29) is 103 Å². The van der Waals surface area contributed by atoms with Crippen molar-refractivity contribution in [1.29, 1.82) is 0 Å². The molecular weight excluding hydrogens is 1640 g/mol. The normalized spacial score (nSPS) is 19.5. The molecule has 1 aromatic heterocycles. The van der Waals surface area contributed by atoms with Crippen LogP contribution in [0.1, 0.15) is 152 Å². The lowest BCUT2D eigenvalue weighted by atomic mass is 9.92. The van der Waals surface area contributed by atoms with Gasteiger partial charge in [-0.1, -0.05) is 78.3 Å². The number of quaternary nitrogens is 1. The van der Waals surface area contributed by atoms with Gasteiger partial charge in [0.1, 0.15) is 60.1 Å². The van der Waals surface area contributed by atoms with Crippen LogP contribution in [0.5, 0.6) is 5.75 Å². The summed E-state index contributed by atoms with van der Waals surface area (Å²) in [5.74, 6) is -5.13. The van der Waals surface area contributed by atoms with Crippen molar-refractivity contribution < 1.29 is 139 Å². The van der Waals surface area contributed by atoms with Crippen LogP contribution in [-0.2, 0) is 108 Å². The van der Waals surface area contributed by atoms with Gasteiger partial charge in [0.25, 0.3) is 11.8 Å². The Morgan fingerprint density at radius 1 is 0.653 bits per heavy atom. The van der Waals surface area contributed by atoms with E-state index < -0.39 is 96.9 Å². The number of hydrogen-bond donors (Lipinski definition) is 11. The number of carboxylic acid groups (broad SMARTS) is 2. The fraction of sp³-hybridized carbons (Fsp3) is 0.733. The molecule has 704 valence electrons. The van der Waals surface area contributed by atoms with Crippen molar-refractivity contribution in [3.63, 3.8) is 0 Å². The Kier molecular flexibility index (Phi) is 53.6. The highest BCUT2D eigenvalue weighted by molar-refractivity contribution is 7.09. The second-order valence-electron chi connectivity index (χ2n) is 31.3. The molecule has 0 saturated carbocycles. The summed E-state index contributed by atoms with van der Waals surface area (Å²) < 4.78 is 84.4. The molecule has 0 aliphatic carbocycles. The molecule has 6 amide bonds. The van der Waals surface area contributed by atoms with E-state index in [1.807, 2.05) is 78.9 Å². The average Bonchev–Trinajstić information content (AvgIpc) is 1.05. The zero-order valence-corrected chi connectivity index (χ0v) is 74.8. The summed E-state index contributed by atoms with van der Waals surface area (Å²) in [5.41, 5.74) is 7.59. The SMILES string of the molecule is CCCNC(=O)[C@@H](N)CCCCNC(=O)CCOCCOCCOCCOCCOCCOCCOCCOCCOCCOCCOCCOC(=O)Nc1cc(C[N+]2(C)CCCC[C@@H]2C(=O)N[C@H](C(=O)N(C)[C@H](C[C@@H](OCC)c2nc(C(=O)N[C@@H](Cc3ccccc3)C[C@H](C)C(=O)O)cs2)C(C)C)[C@@H](C)CC)ccc1O[C@@H]1O[C@H](C(=O)O)[C@@H](O)[C@H](O)[C@H]1O. The van der Waals surface area contributed by atoms with Crippen molar-refractivity contribution in [3.8, 4) is 5.75 Å². The lowest BCUT2D eigenvalue weighted by molar-refractivity contribution is -0.942. The van der Waals surface area contributed by atoms with E-state index in [9.17, 15) is 54.3 Å². The first-order valence-corrected chi connectivity index (χ1v) is 44.5. The number of likely N-dealkylation sites (N-methyl/N-ethyl adjacent to an activating group) is 2. The van der Waals surface area contributed by atoms with Gasteiger partial charge >= 0.3 is 18.0 Å². The monoisotopic (exact) mass is 1780 g/mol. The number of rotatable bonds is 69. The summed E-state index contributed by atoms with van der Waals surface area (Å²) in [4.78, 5) is 112. The van der Waals surface area contributed by atoms with Crippen molar-refractivity contribution in [2.24, 2.45) is 23.5 Å². The van der Waals surface area contributed by atoms with E-state index >= 15 is 9.59 Å². The van der Waals surface area contributed by atoms with Gasteiger partial charge in [0.2, 0.25) is 24.0 Å². The zero-order chi connectivity index (χ0) is 90.4. The molecule has 2 fully saturated rings. The Morgan fingerprint density at radius 2 is 1.21 bits per heavy atom. The number of likely N-dealkylation sites (tertiary alicyclic amines) is 1. The summed E-state index contributed by atoms with van der Waals surface area (Å²) >= 11 is 1.26. The summed E-state index contributed by atoms with van der Waals surface area (Å²) in [6.07, 6.45) is -4.64. The van der Waals surface area contributed by atoms with E-state index in [0.29, 0.717) is 194 Å². The van der Waals surface area contributed by atoms with Gasteiger partial charge in [0.15, 0.2) is 12.1 Å². The molecule has 1 unspecified atom stereocenters. The van der Waals surface area contributed by atoms with Crippen LogP contribution < -0.4 is 37.1 Å². The number of unbranched alkanes of at least 4 members (excludes halogenated alkanes) is 1. The predicted molar refractivity (Wildman–Crippen MR) is 457 cm³/mol. The number of amides is 6. The fourth-order valence-electron chi connectivity index (χ4n) is 13.8. The Morgan fingerprint density at radius 3 is 1.73 bits per heavy atom. The number of aromatic nitrogens is 1. The third kappa shape index (κ3) is 41.2. The Bertz CT molecular complexity index is 3510. The van der Waals surface area contributed by atoms with Gasteiger partial charge in [-0.25, -0.2) is 14.6 Å². The molecule has 0 bridgehead atoms. The second-order valence-corrected chi connectivity index (χ2v) is 32.2. The molecule has 12 N–H and O–H groups in total. The number of aliphatic hydroxyl groups is 3. The number of aliphatic hydroxyl groups excluding tert-OH is 3. The molecule has 2 aliphatic rings. The number of hydrogen-bond acceptors (Lipinski definition) is 29. The average molecular weight is 1780 g/mol. The fourth-order valence-corrected chi connectivity index (χ4v) is 14.7. The first-order chi connectivity index (χ1) is 59.7. The summed E-state index contributed by atoms with van der Waals surface area (Å²) in [6, 6.07) is 11.2. The van der Waals surface area contributed by atoms with Crippen molar-refractivity contribution in [2.75, 3.05) is 198 Å². The highest BCUT2D eigenvalue weighted by Crippen LogP contribution is 2.36. The minimum absolute atomic E-state index is 0.00843. The highest BCUT2D eigenvalue weighted by Gasteiger charge is 2.49. The van der Waals surface area contributed by atoms with Gasteiger partial charge in [-0.15, -0.1) is 11.3 Å². The molecular formula is C86H142N9O28S+. The number of aliphatic carboxylic acids is 2. The molecule has 37 nitrogen and oxygen atoms in total. The van der Waals surface area contributed by atoms with Crippen molar-refractivity contribution in [1.82, 2.24) is 31.2 Å². The number of carbonyl (C=O) groups excluding carboxylic acids is 6. The molecule has 38 heteroatoms. The number of benzene rings is 2. The summed E-state index contributed by atoms with van der Waals surface area (Å²) in [6.45, 7) is 23.0. The largest absolute Gasteiger partial charge is 0.481 e. The van der Waals surface area contributed by atoms with Crippen LogP contribution >= 0.6 is 11.3 Å². The predicted octanol–water partition coefficient (Wildman–Crippen LogP) is 4.81. The van der Waals surface area contributed by atoms with Gasteiger partial charge in [0.05, 0.1) is 177 Å². The first kappa shape index (κ1) is 107. The van der Waals surface area contributed by atoms with E-state index in [0.717, 1.165) is 37.7 Å². The Balaban J connectivity index is 0.964. The number of anilines is 1. The number of ether oxygens (including phenoxy) is 15. The van der Waals surface area contributed by atoms with Gasteiger partial charge in [-0.2, -0.15) is 0 Å². The molecule has 3 heterocycles. The molecule has 3 aromatic rings. The molecule has 0 radical (unpaired) electrons. The van der Waals surface area contributed by atoms with Crippen molar-refractivity contribution >= 4 is 64.6 Å². The van der Waals surface area contributed by atoms with Gasteiger partial charge in [0, 0.05) is 69.0 Å². The van der Waals surface area contributed by atoms with E-state index in [1.165, 1.54) is 17.4 Å².